The van der Waals surface area contributed by atoms with Gasteiger partial charge >= 0.3 is 6.09 Å². The molecule has 134 valence electrons. The van der Waals surface area contributed by atoms with Gasteiger partial charge in [0.2, 0.25) is 0 Å². The normalized spacial score (nSPS) is 11.9. The van der Waals surface area contributed by atoms with Crippen molar-refractivity contribution in [1.29, 1.82) is 0 Å². The number of carbonyl (C=O) groups excluding carboxylic acids is 2. The van der Waals surface area contributed by atoms with E-state index >= 15 is 0 Å². The molecule has 1 aromatic heterocycles. The molecular weight excluding hydrogens is 330 g/mol. The largest absolute Gasteiger partial charge is 0.436 e. The Bertz CT molecular complexity index is 905. The second-order valence-corrected chi connectivity index (χ2v) is 6.17. The summed E-state index contributed by atoms with van der Waals surface area (Å²) in [6.07, 6.45) is 0.147. The summed E-state index contributed by atoms with van der Waals surface area (Å²) in [5.74, 6) is -0.294. The van der Waals surface area contributed by atoms with Gasteiger partial charge < -0.3 is 20.4 Å². The van der Waals surface area contributed by atoms with Gasteiger partial charge in [0, 0.05) is 37.1 Å². The molecule has 2 amide bonds. The second-order valence-electron chi connectivity index (χ2n) is 6.17. The minimum absolute atomic E-state index is 0.255. The van der Waals surface area contributed by atoms with Gasteiger partial charge in [0.05, 0.1) is 0 Å². The third-order valence-corrected chi connectivity index (χ3v) is 4.25. The highest BCUT2D eigenvalue weighted by molar-refractivity contribution is 5.86. The van der Waals surface area contributed by atoms with Crippen LogP contribution in [0.5, 0.6) is 0 Å². The van der Waals surface area contributed by atoms with Crippen LogP contribution in [-0.2, 0) is 22.5 Å². The predicted molar refractivity (Wildman–Crippen MR) is 99.4 cm³/mol. The maximum absolute atomic E-state index is 12.8. The van der Waals surface area contributed by atoms with E-state index in [0.717, 1.165) is 22.0 Å². The molecule has 3 aromatic rings. The van der Waals surface area contributed by atoms with Gasteiger partial charge in [0.1, 0.15) is 0 Å². The maximum atomic E-state index is 12.8. The zero-order valence-corrected chi connectivity index (χ0v) is 14.5. The van der Waals surface area contributed by atoms with Crippen molar-refractivity contribution in [3.8, 4) is 0 Å². The Kier molecular flexibility index (Phi) is 5.22. The molecular formula is C20H21N3O3. The number of likely N-dealkylation sites (N-methyl/N-ethyl adjacent to an activating group) is 1. The van der Waals surface area contributed by atoms with Gasteiger partial charge in [0.15, 0.2) is 6.10 Å². The molecule has 0 radical (unpaired) electrons. The molecule has 3 N–H and O–H groups in total. The van der Waals surface area contributed by atoms with Crippen molar-refractivity contribution in [2.45, 2.75) is 19.1 Å². The standard InChI is InChI=1S/C20H21N3O3/c1-23(13-14-7-3-2-4-8-14)19(24)18(26-20(21)25)11-15-12-22-17-10-6-5-9-16(15)17/h2-10,12,18,22H,11,13H2,1H3,(H2,21,25). The van der Waals surface area contributed by atoms with Crippen LogP contribution in [0.4, 0.5) is 4.79 Å². The second kappa shape index (κ2) is 7.74. The van der Waals surface area contributed by atoms with Crippen molar-refractivity contribution in [3.05, 3.63) is 71.9 Å². The molecule has 0 fully saturated rings. The zero-order valence-electron chi connectivity index (χ0n) is 14.5. The van der Waals surface area contributed by atoms with Crippen LogP contribution in [-0.4, -0.2) is 35.0 Å². The molecule has 0 spiro atoms. The first-order chi connectivity index (χ1) is 12.5. The Hall–Kier alpha value is -3.28. The number of benzene rings is 2. The highest BCUT2D eigenvalue weighted by atomic mass is 16.6. The van der Waals surface area contributed by atoms with E-state index in [4.69, 9.17) is 10.5 Å². The van der Waals surface area contributed by atoms with Crippen molar-refractivity contribution in [2.24, 2.45) is 5.73 Å². The van der Waals surface area contributed by atoms with Crippen LogP contribution in [0.2, 0.25) is 0 Å². The first-order valence-corrected chi connectivity index (χ1v) is 8.34. The fraction of sp³-hybridized carbons (Fsp3) is 0.200. The number of hydrogen-bond donors (Lipinski definition) is 2. The number of fused-ring (bicyclic) bond motifs is 1. The number of nitrogens with zero attached hydrogens (tertiary/aromatic N) is 1. The van der Waals surface area contributed by atoms with Gasteiger partial charge in [-0.2, -0.15) is 0 Å². The van der Waals surface area contributed by atoms with Crippen LogP contribution in [0.1, 0.15) is 11.1 Å². The lowest BCUT2D eigenvalue weighted by atomic mass is 10.1. The Morgan fingerprint density at radius 2 is 1.81 bits per heavy atom. The van der Waals surface area contributed by atoms with Crippen molar-refractivity contribution in [3.63, 3.8) is 0 Å². The molecule has 1 atom stereocenters. The number of nitrogens with two attached hydrogens (primary N) is 1. The quantitative estimate of drug-likeness (QED) is 0.716. The van der Waals surface area contributed by atoms with Gasteiger partial charge in [-0.05, 0) is 17.2 Å². The molecule has 2 aromatic carbocycles. The number of nitrogens with one attached hydrogen (secondary N) is 1. The molecule has 0 saturated heterocycles. The summed E-state index contributed by atoms with van der Waals surface area (Å²) in [4.78, 5) is 28.8. The van der Waals surface area contributed by atoms with Crippen molar-refractivity contribution < 1.29 is 14.3 Å². The molecule has 6 heteroatoms. The van der Waals surface area contributed by atoms with E-state index in [1.54, 1.807) is 7.05 Å². The number of amides is 2. The first kappa shape index (κ1) is 17.5. The predicted octanol–water partition coefficient (Wildman–Crippen LogP) is 2.83. The number of aromatic nitrogens is 1. The average Bonchev–Trinajstić information content (AvgIpc) is 3.04. The average molecular weight is 351 g/mol. The number of carbonyl (C=O) groups is 2. The summed E-state index contributed by atoms with van der Waals surface area (Å²) < 4.78 is 5.13. The van der Waals surface area contributed by atoms with Crippen LogP contribution in [0.25, 0.3) is 10.9 Å². The molecule has 0 aliphatic heterocycles. The fourth-order valence-electron chi connectivity index (χ4n) is 3.00. The Balaban J connectivity index is 1.78. The monoisotopic (exact) mass is 351 g/mol. The number of primary amides is 1. The lowest BCUT2D eigenvalue weighted by molar-refractivity contribution is -0.139. The SMILES string of the molecule is CN(Cc1ccccc1)C(=O)C(Cc1c[nH]c2ccccc12)OC(N)=O. The fourth-order valence-corrected chi connectivity index (χ4v) is 3.00. The molecule has 0 aliphatic rings. The van der Waals surface area contributed by atoms with E-state index in [-0.39, 0.29) is 12.3 Å². The number of aromatic amines is 1. The third kappa shape index (κ3) is 4.03. The summed E-state index contributed by atoms with van der Waals surface area (Å²) in [7, 11) is 1.68. The van der Waals surface area contributed by atoms with Crippen LogP contribution < -0.4 is 5.73 Å². The molecule has 0 bridgehead atoms. The van der Waals surface area contributed by atoms with Crippen LogP contribution >= 0.6 is 0 Å². The minimum atomic E-state index is -0.972. The van der Waals surface area contributed by atoms with Gasteiger partial charge in [-0.3, -0.25) is 4.79 Å². The summed E-state index contributed by atoms with van der Waals surface area (Å²) >= 11 is 0. The lowest BCUT2D eigenvalue weighted by Crippen LogP contribution is -2.41. The Morgan fingerprint density at radius 1 is 1.12 bits per heavy atom. The van der Waals surface area contributed by atoms with Crippen LogP contribution in [0.15, 0.2) is 60.8 Å². The Morgan fingerprint density at radius 3 is 2.54 bits per heavy atom. The molecule has 3 rings (SSSR count). The molecule has 1 unspecified atom stereocenters. The maximum Gasteiger partial charge on any atom is 0.405 e. The van der Waals surface area contributed by atoms with E-state index in [1.807, 2.05) is 60.8 Å². The van der Waals surface area contributed by atoms with Crippen molar-refractivity contribution in [1.82, 2.24) is 9.88 Å². The van der Waals surface area contributed by atoms with E-state index in [2.05, 4.69) is 4.98 Å². The summed E-state index contributed by atoms with van der Waals surface area (Å²) in [6, 6.07) is 17.4. The highest BCUT2D eigenvalue weighted by Crippen LogP contribution is 2.20. The highest BCUT2D eigenvalue weighted by Gasteiger charge is 2.26. The third-order valence-electron chi connectivity index (χ3n) is 4.25. The smallest absolute Gasteiger partial charge is 0.405 e. The van der Waals surface area contributed by atoms with Gasteiger partial charge in [-0.1, -0.05) is 48.5 Å². The summed E-state index contributed by atoms with van der Waals surface area (Å²) in [5.41, 5.74) is 8.04. The molecule has 0 aliphatic carbocycles. The summed E-state index contributed by atoms with van der Waals surface area (Å²) in [5, 5.41) is 0.990. The van der Waals surface area contributed by atoms with Crippen LogP contribution in [0, 0.1) is 0 Å². The van der Waals surface area contributed by atoms with Crippen molar-refractivity contribution in [2.75, 3.05) is 7.05 Å². The molecule has 26 heavy (non-hydrogen) atoms. The summed E-state index contributed by atoms with van der Waals surface area (Å²) in [6.45, 7) is 0.423. The van der Waals surface area contributed by atoms with E-state index in [1.165, 1.54) is 4.90 Å². The van der Waals surface area contributed by atoms with Gasteiger partial charge in [-0.25, -0.2) is 4.79 Å². The van der Waals surface area contributed by atoms with E-state index in [0.29, 0.717) is 6.54 Å². The number of rotatable bonds is 6. The number of ether oxygens (including phenoxy) is 1. The first-order valence-electron chi connectivity index (χ1n) is 8.34. The number of H-pyrrole nitrogens is 1. The van der Waals surface area contributed by atoms with Crippen LogP contribution in [0.3, 0.4) is 0 Å². The van der Waals surface area contributed by atoms with Gasteiger partial charge in [0.25, 0.3) is 5.91 Å². The van der Waals surface area contributed by atoms with Crippen molar-refractivity contribution >= 4 is 22.9 Å². The molecule has 6 nitrogen and oxygen atoms in total. The zero-order chi connectivity index (χ0) is 18.5. The minimum Gasteiger partial charge on any atom is -0.436 e. The molecule has 1 heterocycles. The number of para-hydroxylation sites is 1. The number of hydrogen-bond acceptors (Lipinski definition) is 3. The molecule has 0 saturated carbocycles. The van der Waals surface area contributed by atoms with E-state index < -0.39 is 12.2 Å². The topological polar surface area (TPSA) is 88.4 Å². The van der Waals surface area contributed by atoms with Gasteiger partial charge in [-0.15, -0.1) is 0 Å². The Labute approximate surface area is 151 Å². The lowest BCUT2D eigenvalue weighted by Gasteiger charge is -2.23. The van der Waals surface area contributed by atoms with E-state index in [9.17, 15) is 9.59 Å².